The molecule has 0 aliphatic rings. The van der Waals surface area contributed by atoms with Crippen LogP contribution in [0.4, 0.5) is 0 Å². The number of aromatic nitrogens is 1. The topological polar surface area (TPSA) is 76.4 Å². The van der Waals surface area contributed by atoms with E-state index in [4.69, 9.17) is 10.3 Å². The number of nitrogens with one attached hydrogen (secondary N) is 1. The Balaban J connectivity index is 0.00000289. The third kappa shape index (κ3) is 4.67. The Hall–Kier alpha value is -1.05. The number of guanidine groups is 1. The van der Waals surface area contributed by atoms with Crippen LogP contribution in [0.15, 0.2) is 22.2 Å². The minimum atomic E-state index is 0. The molecule has 6 heteroatoms. The highest BCUT2D eigenvalue weighted by atomic mass is 127. The molecular weight excluding hydrogens is 343 g/mol. The summed E-state index contributed by atoms with van der Waals surface area (Å²) in [5, 5.41) is 6.86. The number of nitrogens with zero attached hydrogens (tertiary/aromatic N) is 2. The molecule has 0 saturated heterocycles. The Kier molecular flexibility index (Phi) is 7.65. The SMILES string of the molecule is C=CCNC(N)=NCC(C)c1c(C)noc1C.I. The van der Waals surface area contributed by atoms with Gasteiger partial charge in [-0.3, -0.25) is 4.99 Å². The van der Waals surface area contributed by atoms with Gasteiger partial charge in [0.2, 0.25) is 0 Å². The summed E-state index contributed by atoms with van der Waals surface area (Å²) < 4.78 is 5.13. The average molecular weight is 364 g/mol. The van der Waals surface area contributed by atoms with Gasteiger partial charge in [0.1, 0.15) is 5.76 Å². The van der Waals surface area contributed by atoms with Crippen molar-refractivity contribution in [1.29, 1.82) is 0 Å². The molecule has 1 unspecified atom stereocenters. The Morgan fingerprint density at radius 2 is 2.28 bits per heavy atom. The van der Waals surface area contributed by atoms with Crippen molar-refractivity contribution in [2.24, 2.45) is 10.7 Å². The largest absolute Gasteiger partial charge is 0.370 e. The fourth-order valence-electron chi connectivity index (χ4n) is 1.75. The predicted octanol–water partition coefficient (Wildman–Crippen LogP) is 2.10. The minimum Gasteiger partial charge on any atom is -0.370 e. The summed E-state index contributed by atoms with van der Waals surface area (Å²) >= 11 is 0. The van der Waals surface area contributed by atoms with Crippen LogP contribution in [0.1, 0.15) is 29.9 Å². The summed E-state index contributed by atoms with van der Waals surface area (Å²) in [4.78, 5) is 4.27. The van der Waals surface area contributed by atoms with Gasteiger partial charge in [-0.1, -0.05) is 18.2 Å². The Morgan fingerprint density at radius 3 is 2.78 bits per heavy atom. The van der Waals surface area contributed by atoms with Gasteiger partial charge in [-0.15, -0.1) is 30.6 Å². The molecule has 0 aliphatic carbocycles. The highest BCUT2D eigenvalue weighted by molar-refractivity contribution is 14.0. The number of hydrogen-bond acceptors (Lipinski definition) is 3. The third-order valence-electron chi connectivity index (χ3n) is 2.54. The number of nitrogens with two attached hydrogens (primary N) is 1. The molecule has 0 aromatic carbocycles. The first kappa shape index (κ1) is 16.9. The van der Waals surface area contributed by atoms with Crippen LogP contribution < -0.4 is 11.1 Å². The van der Waals surface area contributed by atoms with E-state index in [1.54, 1.807) is 6.08 Å². The Morgan fingerprint density at radius 1 is 1.61 bits per heavy atom. The number of aliphatic imine (C=N–C) groups is 1. The second-order valence-corrected chi connectivity index (χ2v) is 4.03. The Bertz CT molecular complexity index is 395. The van der Waals surface area contributed by atoms with Gasteiger partial charge >= 0.3 is 0 Å². The molecule has 1 aromatic heterocycles. The molecule has 1 rings (SSSR count). The molecule has 0 radical (unpaired) electrons. The second-order valence-electron chi connectivity index (χ2n) is 4.03. The van der Waals surface area contributed by atoms with Crippen molar-refractivity contribution in [3.63, 3.8) is 0 Å². The normalized spacial score (nSPS) is 12.7. The van der Waals surface area contributed by atoms with Gasteiger partial charge in [0.25, 0.3) is 0 Å². The molecule has 0 saturated carbocycles. The van der Waals surface area contributed by atoms with Crippen molar-refractivity contribution in [3.8, 4) is 0 Å². The zero-order valence-corrected chi connectivity index (χ0v) is 13.4. The molecule has 0 aliphatic heterocycles. The van der Waals surface area contributed by atoms with Crippen molar-refractivity contribution in [3.05, 3.63) is 29.7 Å². The number of rotatable bonds is 5. The number of aryl methyl sites for hydroxylation is 2. The van der Waals surface area contributed by atoms with E-state index in [-0.39, 0.29) is 29.9 Å². The first-order valence-electron chi connectivity index (χ1n) is 5.63. The first-order valence-corrected chi connectivity index (χ1v) is 5.63. The zero-order chi connectivity index (χ0) is 12.8. The number of hydrogen-bond donors (Lipinski definition) is 2. The molecule has 3 N–H and O–H groups in total. The summed E-state index contributed by atoms with van der Waals surface area (Å²) in [6, 6.07) is 0. The lowest BCUT2D eigenvalue weighted by molar-refractivity contribution is 0.391. The Labute approximate surface area is 125 Å². The monoisotopic (exact) mass is 364 g/mol. The van der Waals surface area contributed by atoms with E-state index in [2.05, 4.69) is 29.0 Å². The van der Waals surface area contributed by atoms with E-state index in [1.165, 1.54) is 0 Å². The predicted molar refractivity (Wildman–Crippen MR) is 84.5 cm³/mol. The summed E-state index contributed by atoms with van der Waals surface area (Å²) in [5.41, 5.74) is 7.72. The van der Waals surface area contributed by atoms with Gasteiger partial charge in [0.05, 0.1) is 5.69 Å². The molecule has 102 valence electrons. The van der Waals surface area contributed by atoms with Crippen molar-refractivity contribution in [2.75, 3.05) is 13.1 Å². The molecule has 18 heavy (non-hydrogen) atoms. The molecule has 0 bridgehead atoms. The average Bonchev–Trinajstić information content (AvgIpc) is 2.63. The maximum atomic E-state index is 5.69. The minimum absolute atomic E-state index is 0. The van der Waals surface area contributed by atoms with Crippen molar-refractivity contribution in [1.82, 2.24) is 10.5 Å². The maximum Gasteiger partial charge on any atom is 0.188 e. The van der Waals surface area contributed by atoms with Crippen LogP contribution in [0.3, 0.4) is 0 Å². The van der Waals surface area contributed by atoms with Crippen molar-refractivity contribution < 1.29 is 4.52 Å². The van der Waals surface area contributed by atoms with E-state index in [0.29, 0.717) is 19.0 Å². The van der Waals surface area contributed by atoms with Crippen LogP contribution in [-0.2, 0) is 0 Å². The van der Waals surface area contributed by atoms with E-state index in [0.717, 1.165) is 17.0 Å². The van der Waals surface area contributed by atoms with Gasteiger partial charge < -0.3 is 15.6 Å². The van der Waals surface area contributed by atoms with Crippen LogP contribution >= 0.6 is 24.0 Å². The van der Waals surface area contributed by atoms with E-state index in [9.17, 15) is 0 Å². The standard InChI is InChI=1S/C12H20N4O.HI/c1-5-6-14-12(13)15-7-8(2)11-9(3)16-17-10(11)4;/h5,8H,1,6-7H2,2-4H3,(H3,13,14,15);1H. The quantitative estimate of drug-likeness (QED) is 0.363. The molecule has 1 aromatic rings. The molecule has 1 atom stereocenters. The lowest BCUT2D eigenvalue weighted by Crippen LogP contribution is -2.32. The van der Waals surface area contributed by atoms with Gasteiger partial charge in [0, 0.05) is 24.6 Å². The van der Waals surface area contributed by atoms with E-state index < -0.39 is 0 Å². The van der Waals surface area contributed by atoms with Crippen LogP contribution in [0.25, 0.3) is 0 Å². The fourth-order valence-corrected chi connectivity index (χ4v) is 1.75. The van der Waals surface area contributed by atoms with Crippen LogP contribution in [0.5, 0.6) is 0 Å². The fraction of sp³-hybridized carbons (Fsp3) is 0.500. The van der Waals surface area contributed by atoms with Gasteiger partial charge in [-0.2, -0.15) is 0 Å². The molecule has 0 amide bonds. The summed E-state index contributed by atoms with van der Waals surface area (Å²) in [6.45, 7) is 10.8. The van der Waals surface area contributed by atoms with Crippen LogP contribution in [-0.4, -0.2) is 24.2 Å². The second kappa shape index (κ2) is 8.12. The molecule has 0 fully saturated rings. The molecule has 0 spiro atoms. The summed E-state index contributed by atoms with van der Waals surface area (Å²) in [5.74, 6) is 1.52. The van der Waals surface area contributed by atoms with Gasteiger partial charge in [0.15, 0.2) is 5.96 Å². The van der Waals surface area contributed by atoms with Crippen LogP contribution in [0, 0.1) is 13.8 Å². The van der Waals surface area contributed by atoms with E-state index >= 15 is 0 Å². The zero-order valence-electron chi connectivity index (χ0n) is 11.1. The molecule has 5 nitrogen and oxygen atoms in total. The lowest BCUT2D eigenvalue weighted by atomic mass is 10.00. The smallest absolute Gasteiger partial charge is 0.188 e. The third-order valence-corrected chi connectivity index (χ3v) is 2.54. The maximum absolute atomic E-state index is 5.69. The number of halogens is 1. The highest BCUT2D eigenvalue weighted by Crippen LogP contribution is 2.22. The molecular formula is C12H21IN4O. The van der Waals surface area contributed by atoms with Gasteiger partial charge in [-0.05, 0) is 13.8 Å². The highest BCUT2D eigenvalue weighted by Gasteiger charge is 2.15. The van der Waals surface area contributed by atoms with Gasteiger partial charge in [-0.25, -0.2) is 0 Å². The van der Waals surface area contributed by atoms with Crippen molar-refractivity contribution in [2.45, 2.75) is 26.7 Å². The first-order chi connectivity index (χ1) is 8.06. The van der Waals surface area contributed by atoms with Crippen molar-refractivity contribution >= 4 is 29.9 Å². The van der Waals surface area contributed by atoms with Crippen LogP contribution in [0.2, 0.25) is 0 Å². The summed E-state index contributed by atoms with van der Waals surface area (Å²) in [6.07, 6.45) is 1.74. The molecule has 1 heterocycles. The summed E-state index contributed by atoms with van der Waals surface area (Å²) in [7, 11) is 0. The lowest BCUT2D eigenvalue weighted by Gasteiger charge is -2.09. The van der Waals surface area contributed by atoms with E-state index in [1.807, 2.05) is 13.8 Å².